The van der Waals surface area contributed by atoms with Gasteiger partial charge in [-0.3, -0.25) is 0 Å². The molecule has 0 aliphatic heterocycles. The van der Waals surface area contributed by atoms with Crippen molar-refractivity contribution < 1.29 is 0 Å². The standard InChI is InChI=1S/C44H38N2S2/c1-26-11-5-10-16-40(26)48-41-24-35-32-19-17-28(29-18-20-34-33-13-7-8-14-36(33)44(3,4)37(34)22-29)21-31(32)23-38(45)42(35)27(2)43(41)46-25-30-12-6-9-15-39(30)47/h5-22,24,45-47H,23,25H2,1-4H3. The first-order chi connectivity index (χ1) is 23.2. The summed E-state index contributed by atoms with van der Waals surface area (Å²) in [5.41, 5.74) is 17.8. The monoisotopic (exact) mass is 658 g/mol. The summed E-state index contributed by atoms with van der Waals surface area (Å²) in [4.78, 5) is 3.38. The maximum atomic E-state index is 9.35. The van der Waals surface area contributed by atoms with Gasteiger partial charge in [0.2, 0.25) is 0 Å². The molecule has 8 rings (SSSR count). The van der Waals surface area contributed by atoms with Gasteiger partial charge in [-0.1, -0.05) is 117 Å². The first-order valence-corrected chi connectivity index (χ1v) is 17.8. The van der Waals surface area contributed by atoms with Crippen molar-refractivity contribution in [2.45, 2.75) is 60.8 Å². The van der Waals surface area contributed by atoms with Gasteiger partial charge in [-0.2, -0.15) is 0 Å². The van der Waals surface area contributed by atoms with Crippen molar-refractivity contribution in [2.75, 3.05) is 5.32 Å². The minimum absolute atomic E-state index is 0.0411. The molecule has 6 aromatic rings. The predicted molar refractivity (Wildman–Crippen MR) is 206 cm³/mol. The summed E-state index contributed by atoms with van der Waals surface area (Å²) in [6, 6.07) is 41.8. The molecule has 2 aliphatic rings. The van der Waals surface area contributed by atoms with Gasteiger partial charge in [0, 0.05) is 44.3 Å². The molecule has 2 nitrogen and oxygen atoms in total. The van der Waals surface area contributed by atoms with Gasteiger partial charge in [0.1, 0.15) is 0 Å². The number of thiol groups is 1. The second-order valence-corrected chi connectivity index (χ2v) is 15.2. The van der Waals surface area contributed by atoms with Gasteiger partial charge in [-0.25, -0.2) is 0 Å². The number of fused-ring (bicyclic) bond motifs is 6. The molecule has 0 amide bonds. The van der Waals surface area contributed by atoms with Crippen molar-refractivity contribution in [3.05, 3.63) is 154 Å². The zero-order valence-corrected chi connectivity index (χ0v) is 29.5. The Kier molecular flexibility index (Phi) is 7.62. The molecule has 6 aromatic carbocycles. The van der Waals surface area contributed by atoms with Gasteiger partial charge in [0.05, 0.1) is 5.69 Å². The number of benzene rings is 6. The summed E-state index contributed by atoms with van der Waals surface area (Å²) in [7, 11) is 0. The minimum Gasteiger partial charge on any atom is -0.380 e. The van der Waals surface area contributed by atoms with E-state index in [1.54, 1.807) is 11.8 Å². The lowest BCUT2D eigenvalue weighted by molar-refractivity contribution is 0.660. The molecule has 0 unspecified atom stereocenters. The van der Waals surface area contributed by atoms with Crippen LogP contribution in [0.5, 0.6) is 0 Å². The molecule has 48 heavy (non-hydrogen) atoms. The molecule has 0 saturated heterocycles. The third-order valence-electron chi connectivity index (χ3n) is 10.3. The molecule has 2 aliphatic carbocycles. The minimum atomic E-state index is -0.0411. The van der Waals surface area contributed by atoms with Gasteiger partial charge in [-0.15, -0.1) is 12.6 Å². The highest BCUT2D eigenvalue weighted by atomic mass is 32.2. The van der Waals surface area contributed by atoms with E-state index in [-0.39, 0.29) is 5.41 Å². The van der Waals surface area contributed by atoms with E-state index in [2.05, 4.69) is 136 Å². The average Bonchev–Trinajstić information content (AvgIpc) is 3.31. The fourth-order valence-corrected chi connectivity index (χ4v) is 9.02. The van der Waals surface area contributed by atoms with Crippen LogP contribution in [0.25, 0.3) is 33.4 Å². The van der Waals surface area contributed by atoms with Crippen LogP contribution in [0, 0.1) is 19.3 Å². The van der Waals surface area contributed by atoms with Gasteiger partial charge < -0.3 is 10.7 Å². The molecular weight excluding hydrogens is 621 g/mol. The Bertz CT molecular complexity index is 2280. The van der Waals surface area contributed by atoms with Crippen LogP contribution in [0.3, 0.4) is 0 Å². The van der Waals surface area contributed by atoms with Crippen LogP contribution in [0.15, 0.2) is 130 Å². The summed E-state index contributed by atoms with van der Waals surface area (Å²) in [6.45, 7) is 9.68. The van der Waals surface area contributed by atoms with Crippen molar-refractivity contribution in [1.29, 1.82) is 5.41 Å². The Balaban J connectivity index is 1.21. The summed E-state index contributed by atoms with van der Waals surface area (Å²) in [6.07, 6.45) is 0.613. The van der Waals surface area contributed by atoms with Crippen molar-refractivity contribution in [2.24, 2.45) is 0 Å². The van der Waals surface area contributed by atoms with Crippen LogP contribution in [-0.4, -0.2) is 5.71 Å². The largest absolute Gasteiger partial charge is 0.380 e. The SMILES string of the molecule is Cc1ccccc1Sc1cc2c(c(C)c1NCc1ccccc1S)C(=N)Cc1cc(-c3ccc4c(c3)C(C)(C)c3ccccc3-4)ccc1-2. The maximum Gasteiger partial charge on any atom is 0.0521 e. The molecule has 0 heterocycles. The molecule has 4 heteroatoms. The van der Waals surface area contributed by atoms with Crippen molar-refractivity contribution in [3.63, 3.8) is 0 Å². The lowest BCUT2D eigenvalue weighted by Gasteiger charge is -2.27. The third-order valence-corrected chi connectivity index (χ3v) is 11.9. The molecule has 0 radical (unpaired) electrons. The highest BCUT2D eigenvalue weighted by Crippen LogP contribution is 2.50. The van der Waals surface area contributed by atoms with E-state index in [1.165, 1.54) is 59.9 Å². The number of aryl methyl sites for hydroxylation is 1. The highest BCUT2D eigenvalue weighted by Gasteiger charge is 2.35. The number of hydrogen-bond acceptors (Lipinski definition) is 4. The van der Waals surface area contributed by atoms with Crippen molar-refractivity contribution >= 4 is 35.8 Å². The van der Waals surface area contributed by atoms with Crippen molar-refractivity contribution in [3.8, 4) is 33.4 Å². The van der Waals surface area contributed by atoms with Gasteiger partial charge in [0.25, 0.3) is 0 Å². The van der Waals surface area contributed by atoms with E-state index >= 15 is 0 Å². The van der Waals surface area contributed by atoms with Crippen LogP contribution in [0.1, 0.15) is 52.8 Å². The maximum absolute atomic E-state index is 9.35. The molecule has 0 fully saturated rings. The fourth-order valence-electron chi connectivity index (χ4n) is 7.67. The van der Waals surface area contributed by atoms with Gasteiger partial charge >= 0.3 is 0 Å². The summed E-state index contributed by atoms with van der Waals surface area (Å²) in [5, 5.41) is 13.1. The van der Waals surface area contributed by atoms with E-state index in [0.29, 0.717) is 18.7 Å². The first-order valence-electron chi connectivity index (χ1n) is 16.6. The third kappa shape index (κ3) is 5.10. The molecule has 236 valence electrons. The summed E-state index contributed by atoms with van der Waals surface area (Å²) in [5.74, 6) is 0. The van der Waals surface area contributed by atoms with Gasteiger partial charge in [0.15, 0.2) is 0 Å². The Morgan fingerprint density at radius 2 is 1.40 bits per heavy atom. The zero-order valence-electron chi connectivity index (χ0n) is 27.7. The smallest absolute Gasteiger partial charge is 0.0521 e. The highest BCUT2D eigenvalue weighted by molar-refractivity contribution is 7.99. The number of nitrogens with one attached hydrogen (secondary N) is 2. The van der Waals surface area contributed by atoms with Crippen molar-refractivity contribution in [1.82, 2.24) is 0 Å². The Hall–Kier alpha value is -4.51. The Labute approximate surface area is 293 Å². The topological polar surface area (TPSA) is 35.9 Å². The van der Waals surface area contributed by atoms with Crippen LogP contribution >= 0.6 is 24.4 Å². The quantitative estimate of drug-likeness (QED) is 0.156. The molecule has 0 spiro atoms. The van der Waals surface area contributed by atoms with E-state index < -0.39 is 0 Å². The average molecular weight is 659 g/mol. The lowest BCUT2D eigenvalue weighted by Crippen LogP contribution is -2.16. The van der Waals surface area contributed by atoms with E-state index in [1.807, 2.05) is 12.1 Å². The van der Waals surface area contributed by atoms with Gasteiger partial charge in [-0.05, 0) is 105 Å². The Morgan fingerprint density at radius 1 is 0.708 bits per heavy atom. The fraction of sp³-hybridized carbons (Fsp3) is 0.159. The number of hydrogen-bond donors (Lipinski definition) is 3. The first kappa shape index (κ1) is 30.8. The van der Waals surface area contributed by atoms with Crippen LogP contribution in [-0.2, 0) is 18.4 Å². The molecular formula is C44H38N2S2. The second kappa shape index (κ2) is 11.9. The number of rotatable bonds is 6. The van der Waals surface area contributed by atoms with Crippen LogP contribution in [0.4, 0.5) is 5.69 Å². The predicted octanol–water partition coefficient (Wildman–Crippen LogP) is 11.9. The lowest BCUT2D eigenvalue weighted by atomic mass is 9.79. The molecule has 0 bridgehead atoms. The zero-order chi connectivity index (χ0) is 33.2. The second-order valence-electron chi connectivity index (χ2n) is 13.6. The van der Waals surface area contributed by atoms with E-state index in [9.17, 15) is 5.41 Å². The summed E-state index contributed by atoms with van der Waals surface area (Å²) >= 11 is 6.51. The van der Waals surface area contributed by atoms with Crippen LogP contribution in [0.2, 0.25) is 0 Å². The van der Waals surface area contributed by atoms with E-state index in [0.717, 1.165) is 32.8 Å². The molecule has 0 aromatic heterocycles. The molecule has 0 atom stereocenters. The molecule has 2 N–H and O–H groups in total. The summed E-state index contributed by atoms with van der Waals surface area (Å²) < 4.78 is 0. The van der Waals surface area contributed by atoms with E-state index in [4.69, 9.17) is 12.6 Å². The number of anilines is 1. The Morgan fingerprint density at radius 3 is 2.21 bits per heavy atom. The van der Waals surface area contributed by atoms with Crippen LogP contribution < -0.4 is 5.32 Å². The normalized spacial score (nSPS) is 13.8. The molecule has 0 saturated carbocycles.